The molecule has 0 radical (unpaired) electrons. The minimum Gasteiger partial charge on any atom is -0.382 e. The Morgan fingerprint density at radius 3 is 1.90 bits per heavy atom. The summed E-state index contributed by atoms with van der Waals surface area (Å²) in [6.45, 7) is 7.69. The first-order chi connectivity index (χ1) is 9.83. The Labute approximate surface area is 122 Å². The quantitative estimate of drug-likeness (QED) is 0.515. The maximum absolute atomic E-state index is 5.87. The zero-order chi connectivity index (χ0) is 14.5. The molecule has 2 N–H and O–H groups in total. The van der Waals surface area contributed by atoms with Gasteiger partial charge in [0.2, 0.25) is 0 Å². The van der Waals surface area contributed by atoms with Crippen LogP contribution in [0.15, 0.2) is 0 Å². The molecule has 0 aliphatic carbocycles. The van der Waals surface area contributed by atoms with Crippen molar-refractivity contribution in [3.05, 3.63) is 0 Å². The van der Waals surface area contributed by atoms with Gasteiger partial charge < -0.3 is 29.6 Å². The highest BCUT2D eigenvalue weighted by Crippen LogP contribution is 2.07. The lowest BCUT2D eigenvalue weighted by atomic mass is 10.1. The van der Waals surface area contributed by atoms with Gasteiger partial charge in [-0.15, -0.1) is 0 Å². The van der Waals surface area contributed by atoms with Crippen LogP contribution in [0.1, 0.15) is 12.8 Å². The van der Waals surface area contributed by atoms with Crippen LogP contribution in [0, 0.1) is 0 Å². The molecule has 1 saturated heterocycles. The number of hydrogen-bond donors (Lipinski definition) is 1. The summed E-state index contributed by atoms with van der Waals surface area (Å²) in [5, 5.41) is 0. The van der Waals surface area contributed by atoms with Crippen molar-refractivity contribution in [3.63, 3.8) is 0 Å². The molecule has 0 aromatic rings. The van der Waals surface area contributed by atoms with Crippen molar-refractivity contribution < 1.29 is 18.9 Å². The molecule has 20 heavy (non-hydrogen) atoms. The summed E-state index contributed by atoms with van der Waals surface area (Å²) in [5.74, 6) is 0. The minimum absolute atomic E-state index is 0.395. The minimum atomic E-state index is 0.395. The third kappa shape index (κ3) is 9.63. The lowest BCUT2D eigenvalue weighted by molar-refractivity contribution is 0.000375. The van der Waals surface area contributed by atoms with Gasteiger partial charge in [0.1, 0.15) is 0 Å². The lowest BCUT2D eigenvalue weighted by Gasteiger charge is -2.29. The van der Waals surface area contributed by atoms with Crippen molar-refractivity contribution in [3.8, 4) is 0 Å². The number of rotatable bonds is 12. The first kappa shape index (κ1) is 17.8. The molecule has 1 heterocycles. The number of nitrogens with two attached hydrogens (primary N) is 1. The Kier molecular flexibility index (Phi) is 11.1. The molecule has 0 spiro atoms. The monoisotopic (exact) mass is 290 g/mol. The van der Waals surface area contributed by atoms with Crippen LogP contribution >= 0.6 is 0 Å². The van der Waals surface area contributed by atoms with Gasteiger partial charge in [0.05, 0.1) is 46.2 Å². The topological polar surface area (TPSA) is 66.2 Å². The van der Waals surface area contributed by atoms with E-state index >= 15 is 0 Å². The second-order valence-corrected chi connectivity index (χ2v) is 5.01. The Morgan fingerprint density at radius 1 is 0.850 bits per heavy atom. The Bertz CT molecular complexity index is 211. The van der Waals surface area contributed by atoms with E-state index in [1.54, 1.807) is 7.11 Å². The van der Waals surface area contributed by atoms with Crippen molar-refractivity contribution in [2.75, 3.05) is 73.0 Å². The predicted molar refractivity (Wildman–Crippen MR) is 78.0 cm³/mol. The molecule has 1 rings (SSSR count). The predicted octanol–water partition coefficient (Wildman–Crippen LogP) is 0.106. The number of hydrogen-bond acceptors (Lipinski definition) is 6. The van der Waals surface area contributed by atoms with Crippen molar-refractivity contribution in [2.45, 2.75) is 18.9 Å². The van der Waals surface area contributed by atoms with Crippen molar-refractivity contribution in [2.24, 2.45) is 5.73 Å². The van der Waals surface area contributed by atoms with Crippen LogP contribution in [-0.4, -0.2) is 83.9 Å². The number of ether oxygens (including phenoxy) is 4. The van der Waals surface area contributed by atoms with Gasteiger partial charge in [0.25, 0.3) is 0 Å². The fourth-order valence-corrected chi connectivity index (χ4v) is 2.05. The Morgan fingerprint density at radius 2 is 1.35 bits per heavy atom. The van der Waals surface area contributed by atoms with Crippen LogP contribution in [0.5, 0.6) is 0 Å². The van der Waals surface area contributed by atoms with Crippen LogP contribution in [0.2, 0.25) is 0 Å². The summed E-state index contributed by atoms with van der Waals surface area (Å²) < 4.78 is 21.1. The van der Waals surface area contributed by atoms with Crippen molar-refractivity contribution in [1.29, 1.82) is 0 Å². The standard InChI is InChI=1S/C14H30N2O4/c1-17-8-9-19-12-13-20-11-10-18-7-6-16-4-2-14(15)3-5-16/h14H,2-13,15H2,1H3. The average molecular weight is 290 g/mol. The van der Waals surface area contributed by atoms with Gasteiger partial charge in [0.15, 0.2) is 0 Å². The molecule has 0 amide bonds. The van der Waals surface area contributed by atoms with Crippen LogP contribution in [-0.2, 0) is 18.9 Å². The maximum Gasteiger partial charge on any atom is 0.0701 e. The smallest absolute Gasteiger partial charge is 0.0701 e. The summed E-state index contributed by atoms with van der Waals surface area (Å²) in [5.41, 5.74) is 5.87. The molecule has 1 aliphatic heterocycles. The first-order valence-corrected chi connectivity index (χ1v) is 7.53. The number of piperidine rings is 1. The normalized spacial score (nSPS) is 17.7. The van der Waals surface area contributed by atoms with Gasteiger partial charge in [-0.25, -0.2) is 0 Å². The molecular weight excluding hydrogens is 260 g/mol. The van der Waals surface area contributed by atoms with Crippen molar-refractivity contribution in [1.82, 2.24) is 4.90 Å². The third-order valence-electron chi connectivity index (χ3n) is 3.36. The van der Waals surface area contributed by atoms with E-state index in [-0.39, 0.29) is 0 Å². The fraction of sp³-hybridized carbons (Fsp3) is 1.00. The second kappa shape index (κ2) is 12.5. The number of likely N-dealkylation sites (tertiary alicyclic amines) is 1. The number of nitrogens with zero attached hydrogens (tertiary/aromatic N) is 1. The molecule has 1 fully saturated rings. The van der Waals surface area contributed by atoms with Gasteiger partial charge in [-0.3, -0.25) is 0 Å². The zero-order valence-corrected chi connectivity index (χ0v) is 12.7. The van der Waals surface area contributed by atoms with E-state index in [1.165, 1.54) is 0 Å². The molecule has 0 bridgehead atoms. The van der Waals surface area contributed by atoms with Gasteiger partial charge >= 0.3 is 0 Å². The van der Waals surface area contributed by atoms with Gasteiger partial charge in [-0.05, 0) is 25.9 Å². The largest absolute Gasteiger partial charge is 0.382 e. The van der Waals surface area contributed by atoms with Gasteiger partial charge in [-0.1, -0.05) is 0 Å². The SMILES string of the molecule is COCCOCCOCCOCCN1CCC(N)CC1. The van der Waals surface area contributed by atoms with Crippen LogP contribution in [0.4, 0.5) is 0 Å². The van der Waals surface area contributed by atoms with E-state index < -0.39 is 0 Å². The van der Waals surface area contributed by atoms with E-state index in [0.717, 1.165) is 39.1 Å². The maximum atomic E-state index is 5.87. The molecule has 1 aliphatic rings. The van der Waals surface area contributed by atoms with E-state index in [9.17, 15) is 0 Å². The zero-order valence-electron chi connectivity index (χ0n) is 12.7. The molecular formula is C14H30N2O4. The Balaban J connectivity index is 1.74. The van der Waals surface area contributed by atoms with Crippen LogP contribution in [0.3, 0.4) is 0 Å². The number of methoxy groups -OCH3 is 1. The summed E-state index contributed by atoms with van der Waals surface area (Å²) in [6.07, 6.45) is 2.21. The van der Waals surface area contributed by atoms with Gasteiger partial charge in [0, 0.05) is 19.7 Å². The highest BCUT2D eigenvalue weighted by Gasteiger charge is 2.14. The van der Waals surface area contributed by atoms with E-state index in [2.05, 4.69) is 4.90 Å². The first-order valence-electron chi connectivity index (χ1n) is 7.53. The molecule has 0 aromatic carbocycles. The molecule has 0 saturated carbocycles. The molecule has 6 heteroatoms. The Hall–Kier alpha value is -0.240. The van der Waals surface area contributed by atoms with E-state index in [0.29, 0.717) is 45.7 Å². The summed E-state index contributed by atoms with van der Waals surface area (Å²) in [7, 11) is 1.66. The summed E-state index contributed by atoms with van der Waals surface area (Å²) in [6, 6.07) is 0.395. The molecule has 0 aromatic heterocycles. The van der Waals surface area contributed by atoms with E-state index in [1.807, 2.05) is 0 Å². The second-order valence-electron chi connectivity index (χ2n) is 5.01. The fourth-order valence-electron chi connectivity index (χ4n) is 2.05. The van der Waals surface area contributed by atoms with E-state index in [4.69, 9.17) is 24.7 Å². The van der Waals surface area contributed by atoms with Crippen LogP contribution < -0.4 is 5.73 Å². The molecule has 120 valence electrons. The highest BCUT2D eigenvalue weighted by molar-refractivity contribution is 4.73. The molecule has 0 atom stereocenters. The summed E-state index contributed by atoms with van der Waals surface area (Å²) >= 11 is 0. The van der Waals surface area contributed by atoms with Crippen molar-refractivity contribution >= 4 is 0 Å². The van der Waals surface area contributed by atoms with Crippen LogP contribution in [0.25, 0.3) is 0 Å². The summed E-state index contributed by atoms with van der Waals surface area (Å²) in [4.78, 5) is 2.41. The average Bonchev–Trinajstić information content (AvgIpc) is 2.47. The molecule has 0 unspecified atom stereocenters. The third-order valence-corrected chi connectivity index (χ3v) is 3.36. The van der Waals surface area contributed by atoms with Gasteiger partial charge in [-0.2, -0.15) is 0 Å². The highest BCUT2D eigenvalue weighted by atomic mass is 16.6. The lowest BCUT2D eigenvalue weighted by Crippen LogP contribution is -2.41. The molecule has 6 nitrogen and oxygen atoms in total.